The lowest BCUT2D eigenvalue weighted by Gasteiger charge is -2.15. The lowest BCUT2D eigenvalue weighted by molar-refractivity contribution is 0.101. The fourth-order valence-electron chi connectivity index (χ4n) is 4.11. The van der Waals surface area contributed by atoms with E-state index in [0.29, 0.717) is 25.2 Å². The first kappa shape index (κ1) is 25.4. The molecule has 3 aromatic rings. The van der Waals surface area contributed by atoms with Crippen molar-refractivity contribution in [2.75, 3.05) is 11.9 Å². The number of halogens is 1. The number of aliphatic hydroxyl groups is 1. The van der Waals surface area contributed by atoms with E-state index in [1.807, 2.05) is 31.2 Å². The van der Waals surface area contributed by atoms with E-state index < -0.39 is 22.3 Å². The first-order valence-corrected chi connectivity index (χ1v) is 13.1. The normalized spacial score (nSPS) is 20.2. The van der Waals surface area contributed by atoms with Crippen LogP contribution in [0.3, 0.4) is 0 Å². The van der Waals surface area contributed by atoms with Gasteiger partial charge >= 0.3 is 10.3 Å². The molecule has 186 valence electrons. The van der Waals surface area contributed by atoms with Crippen molar-refractivity contribution in [3.63, 3.8) is 0 Å². The van der Waals surface area contributed by atoms with E-state index >= 15 is 0 Å². The molecule has 1 aliphatic rings. The van der Waals surface area contributed by atoms with Crippen LogP contribution in [0, 0.1) is 12.8 Å². The number of ketones is 1. The minimum Gasteiger partial charge on any atom is -0.393 e. The molecule has 0 unspecified atom stereocenters. The smallest absolute Gasteiger partial charge is 0.333 e. The van der Waals surface area contributed by atoms with Crippen LogP contribution in [0.5, 0.6) is 0 Å². The van der Waals surface area contributed by atoms with Gasteiger partial charge < -0.3 is 10.4 Å². The number of nitrogens with two attached hydrogens (primary N) is 1. The highest BCUT2D eigenvalue weighted by atomic mass is 79.9. The molecule has 1 saturated carbocycles. The number of aliphatic hydroxyl groups excluding tert-OH is 1. The molecular weight excluding hydrogens is 540 g/mol. The monoisotopic (exact) mass is 564 g/mol. The van der Waals surface area contributed by atoms with Gasteiger partial charge in [0.05, 0.1) is 24.8 Å². The number of nitrogens with zero attached hydrogens (tertiary/aromatic N) is 4. The third-order valence-electron chi connectivity index (χ3n) is 5.84. The van der Waals surface area contributed by atoms with Gasteiger partial charge in [-0.1, -0.05) is 28.1 Å². The summed E-state index contributed by atoms with van der Waals surface area (Å²) in [6, 6.07) is 9.32. The summed E-state index contributed by atoms with van der Waals surface area (Å²) in [6.45, 7) is 2.17. The van der Waals surface area contributed by atoms with Crippen LogP contribution in [0.15, 0.2) is 47.3 Å². The van der Waals surface area contributed by atoms with Crippen LogP contribution in [0.25, 0.3) is 0 Å². The number of carbonyl (C=O) groups is 1. The second-order valence-electron chi connectivity index (χ2n) is 8.49. The van der Waals surface area contributed by atoms with Crippen LogP contribution < -0.4 is 10.5 Å². The van der Waals surface area contributed by atoms with Crippen molar-refractivity contribution in [3.8, 4) is 0 Å². The summed E-state index contributed by atoms with van der Waals surface area (Å²) in [6.07, 6.45) is 2.70. The molecule has 0 radical (unpaired) electrons. The summed E-state index contributed by atoms with van der Waals surface area (Å²) >= 11 is 3.46. The molecule has 2 heterocycles. The molecule has 4 N–H and O–H groups in total. The van der Waals surface area contributed by atoms with Crippen molar-refractivity contribution in [2.24, 2.45) is 11.1 Å². The van der Waals surface area contributed by atoms with E-state index in [9.17, 15) is 18.3 Å². The third-order valence-corrected chi connectivity index (χ3v) is 6.79. The van der Waals surface area contributed by atoms with Crippen LogP contribution in [-0.4, -0.2) is 57.8 Å². The number of aryl methyl sites for hydroxylation is 1. The van der Waals surface area contributed by atoms with Crippen molar-refractivity contribution in [1.29, 1.82) is 0 Å². The van der Waals surface area contributed by atoms with Gasteiger partial charge in [-0.2, -0.15) is 13.5 Å². The van der Waals surface area contributed by atoms with Crippen LogP contribution in [-0.2, 0) is 21.0 Å². The highest BCUT2D eigenvalue weighted by Crippen LogP contribution is 2.30. The standard InChI is InChI=1S/C22H25BrN6O5S/c1-13-5-19(28-29(13)10-14-3-2-4-16(23)6-14)21(31)18-9-25-12-26-22(18)27-17-7-15(20(30)8-17)11-34-35(24,32)33/h2-6,9,12,15,17,20,30H,7-8,10-11H2,1H3,(H2,24,32,33)(H,25,26,27)/t15-,17+,20-/m0/s1. The van der Waals surface area contributed by atoms with Gasteiger partial charge in [0.25, 0.3) is 0 Å². The largest absolute Gasteiger partial charge is 0.393 e. The SMILES string of the molecule is Cc1cc(C(=O)c2cncnc2N[C@@H]2C[C@@H](COS(N)(=O)=O)[C@@H](O)C2)nn1Cc1cccc(Br)c1. The van der Waals surface area contributed by atoms with E-state index in [1.54, 1.807) is 10.7 Å². The summed E-state index contributed by atoms with van der Waals surface area (Å²) in [5.41, 5.74) is 2.38. The summed E-state index contributed by atoms with van der Waals surface area (Å²) in [5, 5.41) is 22.8. The fourth-order valence-corrected chi connectivity index (χ4v) is 4.92. The molecular formula is C22H25BrN6O5S. The Bertz CT molecular complexity index is 1330. The number of benzene rings is 1. The predicted octanol–water partition coefficient (Wildman–Crippen LogP) is 1.79. The molecule has 1 aromatic carbocycles. The zero-order valence-corrected chi connectivity index (χ0v) is 21.2. The first-order valence-electron chi connectivity index (χ1n) is 10.8. The Morgan fingerprint density at radius 3 is 2.89 bits per heavy atom. The predicted molar refractivity (Wildman–Crippen MR) is 131 cm³/mol. The molecule has 0 amide bonds. The number of anilines is 1. The van der Waals surface area contributed by atoms with E-state index in [1.165, 1.54) is 12.5 Å². The summed E-state index contributed by atoms with van der Waals surface area (Å²) < 4.78 is 29.5. The maximum Gasteiger partial charge on any atom is 0.333 e. The van der Waals surface area contributed by atoms with Crippen LogP contribution in [0.4, 0.5) is 5.82 Å². The molecule has 11 nitrogen and oxygen atoms in total. The Kier molecular flexibility index (Phi) is 7.62. The summed E-state index contributed by atoms with van der Waals surface area (Å²) in [5.74, 6) is -0.450. The number of hydrogen-bond donors (Lipinski definition) is 3. The number of carbonyl (C=O) groups excluding carboxylic acids is 1. The molecule has 1 aliphatic carbocycles. The maximum atomic E-state index is 13.3. The van der Waals surface area contributed by atoms with E-state index in [0.717, 1.165) is 15.7 Å². The number of nitrogens with one attached hydrogen (secondary N) is 1. The third kappa shape index (κ3) is 6.49. The Hall–Kier alpha value is -2.71. The average Bonchev–Trinajstić information content (AvgIpc) is 3.33. The number of aromatic nitrogens is 4. The Balaban J connectivity index is 1.48. The zero-order valence-electron chi connectivity index (χ0n) is 18.8. The average molecular weight is 565 g/mol. The van der Waals surface area contributed by atoms with Gasteiger partial charge in [-0.15, -0.1) is 0 Å². The van der Waals surface area contributed by atoms with E-state index in [2.05, 4.69) is 40.5 Å². The molecule has 3 atom stereocenters. The molecule has 0 bridgehead atoms. The second kappa shape index (κ2) is 10.5. The Morgan fingerprint density at radius 2 is 2.14 bits per heavy atom. The fraction of sp³-hybridized carbons (Fsp3) is 0.364. The molecule has 13 heteroatoms. The van der Waals surface area contributed by atoms with E-state index in [-0.39, 0.29) is 29.7 Å². The summed E-state index contributed by atoms with van der Waals surface area (Å²) in [4.78, 5) is 21.5. The molecule has 2 aromatic heterocycles. The second-order valence-corrected chi connectivity index (χ2v) is 10.6. The topological polar surface area (TPSA) is 162 Å². The lowest BCUT2D eigenvalue weighted by Crippen LogP contribution is -2.24. The zero-order chi connectivity index (χ0) is 25.2. The van der Waals surface area contributed by atoms with Gasteiger partial charge in [0.1, 0.15) is 17.8 Å². The van der Waals surface area contributed by atoms with Gasteiger partial charge in [0.15, 0.2) is 0 Å². The van der Waals surface area contributed by atoms with Crippen molar-refractivity contribution in [3.05, 3.63) is 69.8 Å². The van der Waals surface area contributed by atoms with Crippen LogP contribution in [0.2, 0.25) is 0 Å². The molecule has 35 heavy (non-hydrogen) atoms. The van der Waals surface area contributed by atoms with Crippen molar-refractivity contribution < 1.29 is 22.5 Å². The lowest BCUT2D eigenvalue weighted by atomic mass is 10.1. The Labute approximate surface area is 211 Å². The van der Waals surface area contributed by atoms with Crippen LogP contribution >= 0.6 is 15.9 Å². The van der Waals surface area contributed by atoms with Gasteiger partial charge in [-0.25, -0.2) is 15.1 Å². The molecule has 0 spiro atoms. The van der Waals surface area contributed by atoms with Crippen molar-refractivity contribution >= 4 is 37.8 Å². The molecule has 0 aliphatic heterocycles. The highest BCUT2D eigenvalue weighted by Gasteiger charge is 2.35. The first-order chi connectivity index (χ1) is 16.6. The van der Waals surface area contributed by atoms with E-state index in [4.69, 9.17) is 5.14 Å². The summed E-state index contributed by atoms with van der Waals surface area (Å²) in [7, 11) is -4.09. The minimum absolute atomic E-state index is 0.220. The minimum atomic E-state index is -4.09. The number of hydrogen-bond acceptors (Lipinski definition) is 9. The molecule has 0 saturated heterocycles. The molecule has 4 rings (SSSR count). The number of rotatable bonds is 9. The quantitative estimate of drug-likeness (QED) is 0.329. The van der Waals surface area contributed by atoms with Gasteiger partial charge in [-0.3, -0.25) is 13.7 Å². The van der Waals surface area contributed by atoms with Crippen molar-refractivity contribution in [1.82, 2.24) is 19.7 Å². The highest BCUT2D eigenvalue weighted by molar-refractivity contribution is 9.10. The van der Waals surface area contributed by atoms with Gasteiger partial charge in [-0.05, 0) is 43.5 Å². The molecule has 1 fully saturated rings. The maximum absolute atomic E-state index is 13.3. The van der Waals surface area contributed by atoms with Gasteiger partial charge in [0.2, 0.25) is 5.78 Å². The van der Waals surface area contributed by atoms with Crippen molar-refractivity contribution in [2.45, 2.75) is 38.5 Å². The van der Waals surface area contributed by atoms with Crippen LogP contribution in [0.1, 0.15) is 40.2 Å². The Morgan fingerprint density at radius 1 is 1.34 bits per heavy atom. The van der Waals surface area contributed by atoms with Gasteiger partial charge in [0, 0.05) is 28.3 Å².